The highest BCUT2D eigenvalue weighted by atomic mass is 35.5. The number of halogens is 2. The number of benzene rings is 3. The second-order valence-corrected chi connectivity index (χ2v) is 8.01. The molecule has 0 aliphatic carbocycles. The molecule has 3 aromatic carbocycles. The fraction of sp³-hybridized carbons (Fsp3) is 0.360. The van der Waals surface area contributed by atoms with Crippen molar-refractivity contribution in [3.63, 3.8) is 0 Å². The van der Waals surface area contributed by atoms with E-state index in [0.717, 1.165) is 54.0 Å². The van der Waals surface area contributed by atoms with E-state index in [1.165, 1.54) is 0 Å². The maximum absolute atomic E-state index is 10.6. The Morgan fingerprint density at radius 3 is 2.27 bits per heavy atom. The lowest BCUT2D eigenvalue weighted by Gasteiger charge is -2.37. The smallest absolute Gasteiger partial charge is 0.142 e. The molecular weight excluding hydrogens is 463 g/mol. The van der Waals surface area contributed by atoms with Crippen molar-refractivity contribution in [1.82, 2.24) is 4.90 Å². The minimum atomic E-state index is -0.593. The van der Waals surface area contributed by atoms with Gasteiger partial charge in [0.25, 0.3) is 0 Å². The predicted molar refractivity (Wildman–Crippen MR) is 138 cm³/mol. The van der Waals surface area contributed by atoms with Gasteiger partial charge in [-0.2, -0.15) is 0 Å². The summed E-state index contributed by atoms with van der Waals surface area (Å²) in [6.45, 7) is 6.19. The second kappa shape index (κ2) is 12.2. The van der Waals surface area contributed by atoms with E-state index in [1.54, 1.807) is 13.2 Å². The van der Waals surface area contributed by atoms with Gasteiger partial charge in [0.2, 0.25) is 0 Å². The summed E-state index contributed by atoms with van der Waals surface area (Å²) < 4.78 is 11.5. The summed E-state index contributed by atoms with van der Waals surface area (Å²) in [5.74, 6) is 1.85. The first-order chi connectivity index (χ1) is 15.1. The van der Waals surface area contributed by atoms with Crippen LogP contribution >= 0.6 is 24.8 Å². The van der Waals surface area contributed by atoms with Crippen molar-refractivity contribution < 1.29 is 19.7 Å². The Morgan fingerprint density at radius 2 is 1.58 bits per heavy atom. The highest BCUT2D eigenvalue weighted by molar-refractivity contribution is 5.94. The van der Waals surface area contributed by atoms with E-state index in [9.17, 15) is 10.2 Å². The molecule has 4 rings (SSSR count). The predicted octanol–water partition coefficient (Wildman–Crippen LogP) is 4.27. The molecule has 6 nitrogen and oxygen atoms in total. The van der Waals surface area contributed by atoms with E-state index < -0.39 is 6.10 Å². The molecule has 1 saturated heterocycles. The third-order valence-electron chi connectivity index (χ3n) is 5.85. The molecule has 8 heteroatoms. The number of ether oxygens (including phenoxy) is 2. The molecule has 1 atom stereocenters. The number of phenols is 1. The summed E-state index contributed by atoms with van der Waals surface area (Å²) in [5.41, 5.74) is 1.97. The number of β-amino-alcohol motifs (C(OH)–C–C–N with tert-alkyl or cyclic N) is 1. The van der Waals surface area contributed by atoms with E-state index in [1.807, 2.05) is 49.4 Å². The number of nitrogens with zero attached hydrogens (tertiary/aromatic N) is 2. The van der Waals surface area contributed by atoms with E-state index in [-0.39, 0.29) is 37.2 Å². The third kappa shape index (κ3) is 6.15. The van der Waals surface area contributed by atoms with E-state index in [4.69, 9.17) is 9.47 Å². The average Bonchev–Trinajstić information content (AvgIpc) is 2.79. The number of hydrogen-bond acceptors (Lipinski definition) is 6. The van der Waals surface area contributed by atoms with Crippen LogP contribution in [0.15, 0.2) is 54.6 Å². The Balaban J connectivity index is 0.00000193. The van der Waals surface area contributed by atoms with Gasteiger partial charge in [-0.05, 0) is 30.7 Å². The van der Waals surface area contributed by atoms with Gasteiger partial charge in [-0.25, -0.2) is 0 Å². The molecule has 33 heavy (non-hydrogen) atoms. The number of para-hydroxylation sites is 2. The van der Waals surface area contributed by atoms with Crippen LogP contribution in [-0.2, 0) is 0 Å². The van der Waals surface area contributed by atoms with Crippen LogP contribution in [0.5, 0.6) is 17.2 Å². The molecule has 180 valence electrons. The van der Waals surface area contributed by atoms with Crippen molar-refractivity contribution >= 4 is 41.3 Å². The van der Waals surface area contributed by atoms with Crippen molar-refractivity contribution in [2.45, 2.75) is 13.0 Å². The maximum Gasteiger partial charge on any atom is 0.142 e. The summed E-state index contributed by atoms with van der Waals surface area (Å²) in [6, 6.07) is 17.4. The largest absolute Gasteiger partial charge is 0.507 e. The van der Waals surface area contributed by atoms with E-state index in [0.29, 0.717) is 12.3 Å². The molecule has 0 spiro atoms. The Bertz CT molecular complexity index is 1040. The zero-order valence-electron chi connectivity index (χ0n) is 18.9. The summed E-state index contributed by atoms with van der Waals surface area (Å²) in [4.78, 5) is 4.59. The summed E-state index contributed by atoms with van der Waals surface area (Å²) in [5, 5.41) is 22.4. The minimum absolute atomic E-state index is 0. The number of piperazine rings is 1. The van der Waals surface area contributed by atoms with Crippen LogP contribution in [0, 0.1) is 6.92 Å². The molecule has 1 aliphatic rings. The maximum atomic E-state index is 10.6. The first kappa shape index (κ1) is 26.9. The minimum Gasteiger partial charge on any atom is -0.507 e. The number of rotatable bonds is 7. The van der Waals surface area contributed by atoms with Crippen LogP contribution in [-0.4, -0.2) is 67.7 Å². The summed E-state index contributed by atoms with van der Waals surface area (Å²) >= 11 is 0. The number of anilines is 1. The molecule has 0 amide bonds. The molecule has 2 N–H and O–H groups in total. The lowest BCUT2D eigenvalue weighted by Crippen LogP contribution is -2.49. The fourth-order valence-electron chi connectivity index (χ4n) is 4.25. The highest BCUT2D eigenvalue weighted by Gasteiger charge is 2.22. The van der Waals surface area contributed by atoms with Crippen molar-refractivity contribution in [3.05, 3.63) is 60.2 Å². The third-order valence-corrected chi connectivity index (χ3v) is 5.85. The first-order valence-electron chi connectivity index (χ1n) is 10.7. The normalized spacial score (nSPS) is 14.8. The molecular formula is C25H32Cl2N2O4. The van der Waals surface area contributed by atoms with Gasteiger partial charge < -0.3 is 24.6 Å². The van der Waals surface area contributed by atoms with Gasteiger partial charge >= 0.3 is 0 Å². The molecule has 0 saturated carbocycles. The van der Waals surface area contributed by atoms with Crippen molar-refractivity contribution in [3.8, 4) is 17.2 Å². The second-order valence-electron chi connectivity index (χ2n) is 8.01. The van der Waals surface area contributed by atoms with Gasteiger partial charge in [-0.1, -0.05) is 36.4 Å². The number of hydrogen-bond donors (Lipinski definition) is 2. The molecule has 3 aromatic rings. The lowest BCUT2D eigenvalue weighted by atomic mass is 10.0. The summed E-state index contributed by atoms with van der Waals surface area (Å²) in [7, 11) is 1.70. The molecule has 0 radical (unpaired) electrons. The van der Waals surface area contributed by atoms with Crippen LogP contribution in [0.3, 0.4) is 0 Å². The van der Waals surface area contributed by atoms with Crippen molar-refractivity contribution in [2.75, 3.05) is 51.3 Å². The molecule has 1 heterocycles. The van der Waals surface area contributed by atoms with Gasteiger partial charge in [-0.3, -0.25) is 4.90 Å². The summed E-state index contributed by atoms with van der Waals surface area (Å²) in [6.07, 6.45) is -0.593. The van der Waals surface area contributed by atoms with Crippen LogP contribution < -0.4 is 14.4 Å². The van der Waals surface area contributed by atoms with Gasteiger partial charge in [0.05, 0.1) is 12.8 Å². The molecule has 1 fully saturated rings. The van der Waals surface area contributed by atoms with Crippen LogP contribution in [0.1, 0.15) is 5.56 Å². The molecule has 0 bridgehead atoms. The van der Waals surface area contributed by atoms with Crippen molar-refractivity contribution in [1.29, 1.82) is 0 Å². The average molecular weight is 495 g/mol. The van der Waals surface area contributed by atoms with Crippen molar-refractivity contribution in [2.24, 2.45) is 0 Å². The number of aliphatic hydroxyl groups excluding tert-OH is 1. The SMILES string of the molecule is COc1ccccc1N1CCN(CC(O)COc2c(C)cc(O)c3ccccc23)CC1.Cl.Cl. The van der Waals surface area contributed by atoms with Crippen LogP contribution in [0.25, 0.3) is 10.8 Å². The highest BCUT2D eigenvalue weighted by Crippen LogP contribution is 2.35. The number of aryl methyl sites for hydroxylation is 1. The monoisotopic (exact) mass is 494 g/mol. The van der Waals surface area contributed by atoms with Crippen LogP contribution in [0.2, 0.25) is 0 Å². The zero-order valence-corrected chi connectivity index (χ0v) is 20.6. The topological polar surface area (TPSA) is 65.4 Å². The Morgan fingerprint density at radius 1 is 0.939 bits per heavy atom. The Kier molecular flexibility index (Phi) is 9.92. The number of aromatic hydroxyl groups is 1. The number of aliphatic hydroxyl groups is 1. The standard InChI is InChI=1S/C25H30N2O4.2ClH/c1-18-15-23(29)20-7-3-4-8-21(20)25(18)31-17-19(28)16-26-11-13-27(14-12-26)22-9-5-6-10-24(22)30-2;;/h3-10,15,19,28-29H,11-14,16-17H2,1-2H3;2*1H. The zero-order chi connectivity index (χ0) is 21.8. The fourth-order valence-corrected chi connectivity index (χ4v) is 4.25. The van der Waals surface area contributed by atoms with Crippen LogP contribution in [0.4, 0.5) is 5.69 Å². The lowest BCUT2D eigenvalue weighted by molar-refractivity contribution is 0.0666. The molecule has 1 aliphatic heterocycles. The Hall–Kier alpha value is -2.38. The first-order valence-corrected chi connectivity index (χ1v) is 10.7. The van der Waals surface area contributed by atoms with Gasteiger partial charge in [0.1, 0.15) is 30.0 Å². The Labute approximate surface area is 207 Å². The quantitative estimate of drug-likeness (QED) is 0.511. The van der Waals surface area contributed by atoms with Gasteiger partial charge in [0.15, 0.2) is 0 Å². The molecule has 1 unspecified atom stereocenters. The van der Waals surface area contributed by atoms with E-state index >= 15 is 0 Å². The number of phenolic OH excluding ortho intramolecular Hbond substituents is 1. The number of fused-ring (bicyclic) bond motifs is 1. The molecule has 0 aromatic heterocycles. The van der Waals surface area contributed by atoms with E-state index in [2.05, 4.69) is 15.9 Å². The van der Waals surface area contributed by atoms with Gasteiger partial charge in [0, 0.05) is 43.5 Å². The number of methoxy groups -OCH3 is 1. The van der Waals surface area contributed by atoms with Gasteiger partial charge in [-0.15, -0.1) is 24.8 Å².